The van der Waals surface area contributed by atoms with Crippen LogP contribution in [0.25, 0.3) is 0 Å². The van der Waals surface area contributed by atoms with E-state index in [9.17, 15) is 9.59 Å². The normalized spacial score (nSPS) is 22.1. The first-order valence-electron chi connectivity index (χ1n) is 8.96. The molecular weight excluding hydrogens is 332 g/mol. The molecule has 0 saturated carbocycles. The van der Waals surface area contributed by atoms with Gasteiger partial charge in [-0.15, -0.1) is 0 Å². The molecular formula is C20H22N2O4. The van der Waals surface area contributed by atoms with Gasteiger partial charge in [0, 0.05) is 56.2 Å². The van der Waals surface area contributed by atoms with Crippen LogP contribution in [0.2, 0.25) is 0 Å². The van der Waals surface area contributed by atoms with E-state index >= 15 is 0 Å². The van der Waals surface area contributed by atoms with E-state index in [-0.39, 0.29) is 23.7 Å². The average molecular weight is 354 g/mol. The molecule has 136 valence electrons. The Morgan fingerprint density at radius 2 is 2.19 bits per heavy atom. The number of rotatable bonds is 4. The van der Waals surface area contributed by atoms with Crippen LogP contribution in [0, 0.1) is 12.8 Å². The maximum absolute atomic E-state index is 13.1. The largest absolute Gasteiger partial charge is 0.379 e. The lowest BCUT2D eigenvalue weighted by molar-refractivity contribution is 0.0672. The second-order valence-electron chi connectivity index (χ2n) is 7.14. The molecule has 1 amide bonds. The molecule has 1 aliphatic heterocycles. The summed E-state index contributed by atoms with van der Waals surface area (Å²) in [5, 5.41) is 3.93. The monoisotopic (exact) mass is 354 g/mol. The number of ketones is 1. The fourth-order valence-electron chi connectivity index (χ4n) is 4.10. The zero-order valence-corrected chi connectivity index (χ0v) is 15.0. The average Bonchev–Trinajstić information content (AvgIpc) is 3.34. The number of likely N-dealkylation sites (tertiary alicyclic amines) is 1. The van der Waals surface area contributed by atoms with Gasteiger partial charge >= 0.3 is 0 Å². The van der Waals surface area contributed by atoms with E-state index in [1.165, 1.54) is 0 Å². The Balaban J connectivity index is 1.53. The molecule has 1 aromatic carbocycles. The standard InChI is InChI=1S/C20H22N2O4/c1-12-8-14(26-21-12)9-13-10-22(11-19(13)25-2)20(24)17-5-3-4-16-15(17)6-7-18(16)23/h3-5,8,13,19H,6-7,9-11H2,1-2H3/t13-,19+/m1/s1. The summed E-state index contributed by atoms with van der Waals surface area (Å²) < 4.78 is 10.9. The highest BCUT2D eigenvalue weighted by Gasteiger charge is 2.37. The van der Waals surface area contributed by atoms with Crippen molar-refractivity contribution in [1.29, 1.82) is 0 Å². The number of fused-ring (bicyclic) bond motifs is 1. The van der Waals surface area contributed by atoms with E-state index in [1.807, 2.05) is 30.0 Å². The number of benzene rings is 1. The molecule has 0 spiro atoms. The summed E-state index contributed by atoms with van der Waals surface area (Å²) in [5.41, 5.74) is 3.10. The number of hydrogen-bond donors (Lipinski definition) is 0. The van der Waals surface area contributed by atoms with Crippen LogP contribution in [0.5, 0.6) is 0 Å². The molecule has 1 saturated heterocycles. The molecule has 2 atom stereocenters. The number of amides is 1. The number of carbonyl (C=O) groups excluding carboxylic acids is 2. The first kappa shape index (κ1) is 17.0. The zero-order chi connectivity index (χ0) is 18.3. The molecule has 2 heterocycles. The molecule has 0 radical (unpaired) electrons. The second-order valence-corrected chi connectivity index (χ2v) is 7.14. The lowest BCUT2D eigenvalue weighted by atomic mass is 10.0. The quantitative estimate of drug-likeness (QED) is 0.843. The van der Waals surface area contributed by atoms with Crippen molar-refractivity contribution in [3.05, 3.63) is 52.4 Å². The number of methoxy groups -OCH3 is 1. The number of nitrogens with zero attached hydrogens (tertiary/aromatic N) is 2. The predicted octanol–water partition coefficient (Wildman–Crippen LogP) is 2.44. The van der Waals surface area contributed by atoms with Crippen LogP contribution in [-0.4, -0.2) is 48.1 Å². The molecule has 2 aliphatic rings. The predicted molar refractivity (Wildman–Crippen MR) is 94.2 cm³/mol. The van der Waals surface area contributed by atoms with E-state index < -0.39 is 0 Å². The minimum absolute atomic E-state index is 0.0187. The van der Waals surface area contributed by atoms with Gasteiger partial charge in [-0.25, -0.2) is 0 Å². The van der Waals surface area contributed by atoms with Gasteiger partial charge in [-0.3, -0.25) is 9.59 Å². The molecule has 0 bridgehead atoms. The third-order valence-electron chi connectivity index (χ3n) is 5.42. The lowest BCUT2D eigenvalue weighted by Crippen LogP contribution is -2.30. The van der Waals surface area contributed by atoms with Crippen molar-refractivity contribution >= 4 is 11.7 Å². The molecule has 1 fully saturated rings. The number of Topliss-reactive ketones (excluding diaryl/α,β-unsaturated/α-hetero) is 1. The van der Waals surface area contributed by atoms with E-state index in [0.29, 0.717) is 43.5 Å². The maximum Gasteiger partial charge on any atom is 0.254 e. The van der Waals surface area contributed by atoms with Gasteiger partial charge in [0.1, 0.15) is 5.76 Å². The number of hydrogen-bond acceptors (Lipinski definition) is 5. The van der Waals surface area contributed by atoms with Gasteiger partial charge in [0.05, 0.1) is 11.8 Å². The van der Waals surface area contributed by atoms with Gasteiger partial charge in [0.25, 0.3) is 5.91 Å². The van der Waals surface area contributed by atoms with E-state index in [1.54, 1.807) is 13.2 Å². The van der Waals surface area contributed by atoms with Crippen molar-refractivity contribution in [2.24, 2.45) is 5.92 Å². The maximum atomic E-state index is 13.1. The molecule has 4 rings (SSSR count). The number of aryl methyl sites for hydroxylation is 1. The number of aromatic nitrogens is 1. The van der Waals surface area contributed by atoms with Crippen LogP contribution in [0.15, 0.2) is 28.8 Å². The van der Waals surface area contributed by atoms with E-state index in [4.69, 9.17) is 9.26 Å². The molecule has 2 aromatic rings. The zero-order valence-electron chi connectivity index (χ0n) is 15.0. The van der Waals surface area contributed by atoms with E-state index in [2.05, 4.69) is 5.16 Å². The van der Waals surface area contributed by atoms with Gasteiger partial charge in [-0.05, 0) is 25.0 Å². The van der Waals surface area contributed by atoms with Crippen molar-refractivity contribution in [1.82, 2.24) is 10.1 Å². The summed E-state index contributed by atoms with van der Waals surface area (Å²) in [6.45, 7) is 3.04. The summed E-state index contributed by atoms with van der Waals surface area (Å²) >= 11 is 0. The van der Waals surface area contributed by atoms with Crippen molar-refractivity contribution in [2.45, 2.75) is 32.3 Å². The van der Waals surface area contributed by atoms with Gasteiger partial charge < -0.3 is 14.2 Å². The minimum Gasteiger partial charge on any atom is -0.379 e. The third kappa shape index (κ3) is 2.94. The molecule has 0 unspecified atom stereocenters. The summed E-state index contributed by atoms with van der Waals surface area (Å²) in [6, 6.07) is 7.37. The SMILES string of the molecule is CO[C@H]1CN(C(=O)c2cccc3c2CCC3=O)C[C@H]1Cc1cc(C)no1. The Labute approximate surface area is 152 Å². The van der Waals surface area contributed by atoms with Crippen molar-refractivity contribution in [3.8, 4) is 0 Å². The Kier molecular flexibility index (Phi) is 4.36. The summed E-state index contributed by atoms with van der Waals surface area (Å²) in [7, 11) is 1.68. The van der Waals surface area contributed by atoms with Gasteiger partial charge in [-0.2, -0.15) is 0 Å². The summed E-state index contributed by atoms with van der Waals surface area (Å²) in [5.74, 6) is 1.09. The Morgan fingerprint density at radius 3 is 2.92 bits per heavy atom. The van der Waals surface area contributed by atoms with Crippen LogP contribution in [0.1, 0.15) is 44.2 Å². The number of ether oxygens (including phenoxy) is 1. The van der Waals surface area contributed by atoms with Crippen molar-refractivity contribution in [2.75, 3.05) is 20.2 Å². The molecule has 1 aliphatic carbocycles. The fourth-order valence-corrected chi connectivity index (χ4v) is 4.10. The van der Waals surface area contributed by atoms with Crippen LogP contribution in [0.3, 0.4) is 0 Å². The highest BCUT2D eigenvalue weighted by Crippen LogP contribution is 2.29. The molecule has 0 N–H and O–H groups in total. The van der Waals surface area contributed by atoms with Gasteiger partial charge in [-0.1, -0.05) is 17.3 Å². The van der Waals surface area contributed by atoms with Crippen LogP contribution in [0.4, 0.5) is 0 Å². The number of carbonyl (C=O) groups is 2. The highest BCUT2D eigenvalue weighted by atomic mass is 16.5. The highest BCUT2D eigenvalue weighted by molar-refractivity contribution is 6.05. The third-order valence-corrected chi connectivity index (χ3v) is 5.42. The first-order chi connectivity index (χ1) is 12.6. The summed E-state index contributed by atoms with van der Waals surface area (Å²) in [4.78, 5) is 26.9. The van der Waals surface area contributed by atoms with Crippen LogP contribution >= 0.6 is 0 Å². The Bertz CT molecular complexity index is 857. The fraction of sp³-hybridized carbons (Fsp3) is 0.450. The lowest BCUT2D eigenvalue weighted by Gasteiger charge is -2.18. The smallest absolute Gasteiger partial charge is 0.254 e. The van der Waals surface area contributed by atoms with Crippen molar-refractivity contribution in [3.63, 3.8) is 0 Å². The topological polar surface area (TPSA) is 72.6 Å². The Morgan fingerprint density at radius 1 is 1.35 bits per heavy atom. The molecule has 6 nitrogen and oxygen atoms in total. The molecule has 1 aromatic heterocycles. The summed E-state index contributed by atoms with van der Waals surface area (Å²) in [6.07, 6.45) is 1.79. The van der Waals surface area contributed by atoms with Gasteiger partial charge in [0.2, 0.25) is 0 Å². The first-order valence-corrected chi connectivity index (χ1v) is 8.96. The molecule has 6 heteroatoms. The Hall–Kier alpha value is -2.47. The van der Waals surface area contributed by atoms with Crippen LogP contribution in [-0.2, 0) is 17.6 Å². The van der Waals surface area contributed by atoms with Crippen molar-refractivity contribution < 1.29 is 18.8 Å². The minimum atomic E-state index is -0.0391. The van der Waals surface area contributed by atoms with E-state index in [0.717, 1.165) is 17.0 Å². The van der Waals surface area contributed by atoms with Crippen LogP contribution < -0.4 is 0 Å². The molecule has 26 heavy (non-hydrogen) atoms. The van der Waals surface area contributed by atoms with Gasteiger partial charge in [0.15, 0.2) is 5.78 Å². The second kappa shape index (κ2) is 6.68.